The van der Waals surface area contributed by atoms with E-state index in [1.54, 1.807) is 24.0 Å². The van der Waals surface area contributed by atoms with Crippen LogP contribution in [0.3, 0.4) is 0 Å². The predicted octanol–water partition coefficient (Wildman–Crippen LogP) is 3.28. The first-order valence-electron chi connectivity index (χ1n) is 12.3. The number of rotatable bonds is 5. The smallest absolute Gasteiger partial charge is 0.254 e. The fraction of sp³-hybridized carbons (Fsp3) is 0.429. The van der Waals surface area contributed by atoms with Crippen molar-refractivity contribution in [2.24, 2.45) is 11.3 Å². The molecule has 2 heterocycles. The SMILES string of the molecule is Cc1cccc(C(=O)N[C@@H](C(=O)N2CCC3(CC2)C(=O)N(C)C(=O)C3c2ccccc2)C(C)C)c1F. The largest absolute Gasteiger partial charge is 0.341 e. The van der Waals surface area contributed by atoms with E-state index in [0.717, 1.165) is 5.56 Å². The third-order valence-electron chi connectivity index (χ3n) is 7.62. The molecule has 2 aliphatic rings. The molecule has 1 unspecified atom stereocenters. The molecule has 2 saturated heterocycles. The van der Waals surface area contributed by atoms with E-state index in [0.29, 0.717) is 18.4 Å². The number of hydrogen-bond donors (Lipinski definition) is 1. The number of carbonyl (C=O) groups is 4. The molecule has 2 aliphatic heterocycles. The lowest BCUT2D eigenvalue weighted by atomic mass is 9.67. The molecule has 2 atom stereocenters. The van der Waals surface area contributed by atoms with E-state index in [4.69, 9.17) is 0 Å². The van der Waals surface area contributed by atoms with Crippen LogP contribution in [0.4, 0.5) is 4.39 Å². The van der Waals surface area contributed by atoms with Crippen LogP contribution in [0.5, 0.6) is 0 Å². The highest BCUT2D eigenvalue weighted by Crippen LogP contribution is 2.51. The normalized spacial score (nSPS) is 20.2. The van der Waals surface area contributed by atoms with Crippen LogP contribution in [0.1, 0.15) is 54.1 Å². The summed E-state index contributed by atoms with van der Waals surface area (Å²) in [4.78, 5) is 55.5. The van der Waals surface area contributed by atoms with Gasteiger partial charge < -0.3 is 10.2 Å². The molecule has 0 bridgehead atoms. The summed E-state index contributed by atoms with van der Waals surface area (Å²) in [6.07, 6.45) is 0.691. The van der Waals surface area contributed by atoms with Gasteiger partial charge in [0.1, 0.15) is 11.9 Å². The Balaban J connectivity index is 1.52. The fourth-order valence-corrected chi connectivity index (χ4v) is 5.48. The first-order valence-corrected chi connectivity index (χ1v) is 12.3. The van der Waals surface area contributed by atoms with Crippen LogP contribution in [-0.4, -0.2) is 59.6 Å². The van der Waals surface area contributed by atoms with Gasteiger partial charge in [0, 0.05) is 20.1 Å². The predicted molar refractivity (Wildman–Crippen MR) is 132 cm³/mol. The van der Waals surface area contributed by atoms with E-state index in [2.05, 4.69) is 5.32 Å². The van der Waals surface area contributed by atoms with Crippen LogP contribution >= 0.6 is 0 Å². The average molecular weight is 494 g/mol. The Morgan fingerprint density at radius 3 is 2.28 bits per heavy atom. The average Bonchev–Trinajstić information content (AvgIpc) is 3.05. The van der Waals surface area contributed by atoms with E-state index >= 15 is 0 Å². The number of nitrogens with one attached hydrogen (secondary N) is 1. The molecule has 2 fully saturated rings. The molecule has 2 aromatic carbocycles. The highest BCUT2D eigenvalue weighted by atomic mass is 19.1. The molecule has 2 aromatic rings. The van der Waals surface area contributed by atoms with Crippen molar-refractivity contribution in [1.29, 1.82) is 0 Å². The second kappa shape index (κ2) is 9.84. The summed E-state index contributed by atoms with van der Waals surface area (Å²) in [7, 11) is 1.52. The molecule has 1 N–H and O–H groups in total. The summed E-state index contributed by atoms with van der Waals surface area (Å²) in [5.74, 6) is -2.77. The topological polar surface area (TPSA) is 86.8 Å². The lowest BCUT2D eigenvalue weighted by molar-refractivity contribution is -0.144. The van der Waals surface area contributed by atoms with Gasteiger partial charge in [0.25, 0.3) is 5.91 Å². The van der Waals surface area contributed by atoms with E-state index in [1.165, 1.54) is 18.0 Å². The van der Waals surface area contributed by atoms with Gasteiger partial charge in [0.2, 0.25) is 17.7 Å². The van der Waals surface area contributed by atoms with E-state index in [9.17, 15) is 23.6 Å². The number of aryl methyl sites for hydroxylation is 1. The second-order valence-electron chi connectivity index (χ2n) is 10.2. The van der Waals surface area contributed by atoms with Crippen LogP contribution in [0, 0.1) is 24.1 Å². The fourth-order valence-electron chi connectivity index (χ4n) is 5.48. The number of likely N-dealkylation sites (N-methyl/N-ethyl adjacent to an activating group) is 1. The van der Waals surface area contributed by atoms with Crippen LogP contribution in [-0.2, 0) is 14.4 Å². The van der Waals surface area contributed by atoms with Crippen molar-refractivity contribution in [3.8, 4) is 0 Å². The van der Waals surface area contributed by atoms with E-state index in [-0.39, 0.29) is 42.3 Å². The highest BCUT2D eigenvalue weighted by Gasteiger charge is 2.59. The van der Waals surface area contributed by atoms with Gasteiger partial charge in [-0.05, 0) is 42.9 Å². The molecule has 190 valence electrons. The maximum Gasteiger partial charge on any atom is 0.254 e. The number of amides is 4. The number of piperidine rings is 1. The Kier molecular flexibility index (Phi) is 6.98. The summed E-state index contributed by atoms with van der Waals surface area (Å²) < 4.78 is 14.5. The summed E-state index contributed by atoms with van der Waals surface area (Å²) >= 11 is 0. The quantitative estimate of drug-likeness (QED) is 0.648. The van der Waals surface area contributed by atoms with Crippen LogP contribution < -0.4 is 5.32 Å². The van der Waals surface area contributed by atoms with Gasteiger partial charge in [0.05, 0.1) is 16.9 Å². The van der Waals surface area contributed by atoms with Gasteiger partial charge in [-0.3, -0.25) is 24.1 Å². The number of likely N-dealkylation sites (tertiary alicyclic amines) is 2. The van der Waals surface area contributed by atoms with Crippen molar-refractivity contribution in [3.63, 3.8) is 0 Å². The van der Waals surface area contributed by atoms with Crippen molar-refractivity contribution < 1.29 is 23.6 Å². The Hall–Kier alpha value is -3.55. The van der Waals surface area contributed by atoms with Crippen LogP contribution in [0.25, 0.3) is 0 Å². The molecule has 1 spiro atoms. The number of benzene rings is 2. The molecular formula is C28H32FN3O4. The summed E-state index contributed by atoms with van der Waals surface area (Å²) in [6, 6.07) is 13.0. The Morgan fingerprint density at radius 1 is 1.03 bits per heavy atom. The Morgan fingerprint density at radius 2 is 1.67 bits per heavy atom. The number of hydrogen-bond acceptors (Lipinski definition) is 4. The van der Waals surface area contributed by atoms with Gasteiger partial charge in [-0.25, -0.2) is 4.39 Å². The third-order valence-corrected chi connectivity index (χ3v) is 7.62. The van der Waals surface area contributed by atoms with Gasteiger partial charge in [-0.1, -0.05) is 56.3 Å². The van der Waals surface area contributed by atoms with Gasteiger partial charge in [0.15, 0.2) is 0 Å². The van der Waals surface area contributed by atoms with Crippen molar-refractivity contribution in [1.82, 2.24) is 15.1 Å². The molecule has 36 heavy (non-hydrogen) atoms. The molecule has 8 heteroatoms. The third kappa shape index (κ3) is 4.29. The highest BCUT2D eigenvalue weighted by molar-refractivity contribution is 6.10. The lowest BCUT2D eigenvalue weighted by Gasteiger charge is -2.41. The number of carbonyl (C=O) groups excluding carboxylic acids is 4. The van der Waals surface area contributed by atoms with Crippen molar-refractivity contribution in [2.45, 2.75) is 45.6 Å². The maximum absolute atomic E-state index is 14.5. The van der Waals surface area contributed by atoms with Crippen molar-refractivity contribution in [3.05, 3.63) is 71.0 Å². The van der Waals surface area contributed by atoms with Gasteiger partial charge >= 0.3 is 0 Å². The van der Waals surface area contributed by atoms with Gasteiger partial charge in [-0.15, -0.1) is 0 Å². The van der Waals surface area contributed by atoms with Crippen LogP contribution in [0.2, 0.25) is 0 Å². The van der Waals surface area contributed by atoms with Gasteiger partial charge in [-0.2, -0.15) is 0 Å². The molecule has 4 amide bonds. The second-order valence-corrected chi connectivity index (χ2v) is 10.2. The molecule has 4 rings (SSSR count). The number of imide groups is 1. The molecule has 7 nitrogen and oxygen atoms in total. The minimum absolute atomic E-state index is 0.102. The minimum atomic E-state index is -0.898. The summed E-state index contributed by atoms with van der Waals surface area (Å²) in [6.45, 7) is 5.79. The first kappa shape index (κ1) is 25.5. The van der Waals surface area contributed by atoms with E-state index in [1.807, 2.05) is 44.2 Å². The zero-order valence-corrected chi connectivity index (χ0v) is 21.1. The monoisotopic (exact) mass is 493 g/mol. The summed E-state index contributed by atoms with van der Waals surface area (Å²) in [5.41, 5.74) is 0.151. The Bertz CT molecular complexity index is 1190. The lowest BCUT2D eigenvalue weighted by Crippen LogP contribution is -2.55. The number of nitrogens with zero attached hydrogens (tertiary/aromatic N) is 2. The molecule has 0 saturated carbocycles. The van der Waals surface area contributed by atoms with Crippen molar-refractivity contribution in [2.75, 3.05) is 20.1 Å². The zero-order valence-electron chi connectivity index (χ0n) is 21.1. The van der Waals surface area contributed by atoms with Crippen molar-refractivity contribution >= 4 is 23.6 Å². The first-order chi connectivity index (χ1) is 17.1. The summed E-state index contributed by atoms with van der Waals surface area (Å²) in [5, 5.41) is 2.72. The zero-order chi connectivity index (χ0) is 26.2. The standard InChI is InChI=1S/C28H32FN3O4/c1-17(2)23(30-24(33)20-12-8-9-18(3)22(20)29)26(35)32-15-13-28(14-16-32)21(19-10-6-5-7-11-19)25(34)31(4)27(28)36/h5-12,17,21,23H,13-16H2,1-4H3,(H,30,33)/t21?,23-/m1/s1. The van der Waals surface area contributed by atoms with Crippen LogP contribution in [0.15, 0.2) is 48.5 Å². The minimum Gasteiger partial charge on any atom is -0.341 e. The number of halogens is 1. The molecule has 0 aliphatic carbocycles. The Labute approximate surface area is 210 Å². The molecular weight excluding hydrogens is 461 g/mol. The maximum atomic E-state index is 14.5. The molecule has 0 radical (unpaired) electrons. The molecule has 0 aromatic heterocycles. The van der Waals surface area contributed by atoms with E-state index < -0.39 is 29.1 Å².